The molecule has 0 aliphatic rings. The summed E-state index contributed by atoms with van der Waals surface area (Å²) in [5.74, 6) is -0.927. The minimum atomic E-state index is -1.22. The van der Waals surface area contributed by atoms with Crippen LogP contribution >= 0.6 is 15.9 Å². The lowest BCUT2D eigenvalue weighted by Gasteiger charge is -2.18. The number of aromatic hydroxyl groups is 1. The van der Waals surface area contributed by atoms with E-state index in [1.54, 1.807) is 13.8 Å². The zero-order chi connectivity index (χ0) is 11.7. The van der Waals surface area contributed by atoms with Gasteiger partial charge in [0.2, 0.25) is 0 Å². The summed E-state index contributed by atoms with van der Waals surface area (Å²) in [6, 6.07) is 0.793. The van der Waals surface area contributed by atoms with E-state index in [1.165, 1.54) is 6.07 Å². The minimum Gasteiger partial charge on any atom is -0.506 e. The van der Waals surface area contributed by atoms with Crippen LogP contribution in [0.3, 0.4) is 0 Å². The number of hydrogen-bond donors (Lipinski definition) is 3. The van der Waals surface area contributed by atoms with Crippen molar-refractivity contribution < 1.29 is 14.6 Å². The molecule has 4 N–H and O–H groups in total. The van der Waals surface area contributed by atoms with Crippen molar-refractivity contribution >= 4 is 15.9 Å². The van der Waals surface area contributed by atoms with Crippen molar-refractivity contribution in [3.05, 3.63) is 27.5 Å². The lowest BCUT2D eigenvalue weighted by Crippen LogP contribution is -2.25. The van der Waals surface area contributed by atoms with Crippen LogP contribution in [0.2, 0.25) is 0 Å². The van der Waals surface area contributed by atoms with Crippen molar-refractivity contribution in [1.29, 1.82) is 0 Å². The topological polar surface area (TPSA) is 66.5 Å². The first-order valence-electron chi connectivity index (χ1n) is 4.47. The Kier molecular flexibility index (Phi) is 3.70. The second kappa shape index (κ2) is 4.47. The summed E-state index contributed by atoms with van der Waals surface area (Å²) in [4.78, 5) is 0. The number of rotatable bonds is 2. The molecule has 3 nitrogen and oxygen atoms in total. The summed E-state index contributed by atoms with van der Waals surface area (Å²) in [7, 11) is 0. The highest BCUT2D eigenvalue weighted by Crippen LogP contribution is 2.36. The monoisotopic (exact) mass is 277 g/mol. The van der Waals surface area contributed by atoms with E-state index in [4.69, 9.17) is 5.73 Å². The van der Waals surface area contributed by atoms with Gasteiger partial charge in [-0.2, -0.15) is 0 Å². The molecule has 0 saturated carbocycles. The van der Waals surface area contributed by atoms with Gasteiger partial charge in [0, 0.05) is 6.04 Å². The number of aryl methyl sites for hydroxylation is 1. The van der Waals surface area contributed by atoms with Gasteiger partial charge >= 0.3 is 0 Å². The number of phenolic OH excluding ortho intramolecular Hbond substituents is 1. The van der Waals surface area contributed by atoms with Crippen LogP contribution < -0.4 is 5.73 Å². The summed E-state index contributed by atoms with van der Waals surface area (Å²) < 4.78 is 14.0. The fraction of sp³-hybridized carbons (Fsp3) is 0.400. The van der Waals surface area contributed by atoms with E-state index in [-0.39, 0.29) is 11.3 Å². The molecule has 0 aromatic heterocycles. The lowest BCUT2D eigenvalue weighted by molar-refractivity contribution is 0.145. The summed E-state index contributed by atoms with van der Waals surface area (Å²) in [6.45, 7) is 3.09. The highest BCUT2D eigenvalue weighted by atomic mass is 79.9. The fourth-order valence-electron chi connectivity index (χ4n) is 1.30. The molecule has 1 aromatic rings. The molecule has 0 fully saturated rings. The Hall–Kier alpha value is -0.650. The minimum absolute atomic E-state index is 0.156. The number of phenols is 1. The maximum Gasteiger partial charge on any atom is 0.138 e. The Morgan fingerprint density at radius 2 is 2.07 bits per heavy atom. The van der Waals surface area contributed by atoms with Gasteiger partial charge in [0.05, 0.1) is 10.0 Å². The molecule has 15 heavy (non-hydrogen) atoms. The maximum absolute atomic E-state index is 13.7. The summed E-state index contributed by atoms with van der Waals surface area (Å²) in [5.41, 5.74) is 5.65. The van der Waals surface area contributed by atoms with E-state index >= 15 is 0 Å². The van der Waals surface area contributed by atoms with Crippen molar-refractivity contribution in [2.75, 3.05) is 0 Å². The van der Waals surface area contributed by atoms with E-state index in [0.29, 0.717) is 10.0 Å². The second-order valence-electron chi connectivity index (χ2n) is 3.56. The molecule has 1 rings (SSSR count). The first kappa shape index (κ1) is 12.4. The normalized spacial score (nSPS) is 15.1. The Balaban J connectivity index is 3.39. The van der Waals surface area contributed by atoms with Crippen molar-refractivity contribution in [2.24, 2.45) is 5.73 Å². The van der Waals surface area contributed by atoms with Gasteiger partial charge in [-0.3, -0.25) is 0 Å². The summed E-state index contributed by atoms with van der Waals surface area (Å²) >= 11 is 3.08. The van der Waals surface area contributed by atoms with Gasteiger partial charge in [-0.15, -0.1) is 0 Å². The molecule has 5 heteroatoms. The van der Waals surface area contributed by atoms with Crippen molar-refractivity contribution in [3.63, 3.8) is 0 Å². The Morgan fingerprint density at radius 3 is 2.53 bits per heavy atom. The molecule has 0 aliphatic heterocycles. The molecule has 84 valence electrons. The zero-order valence-electron chi connectivity index (χ0n) is 8.46. The van der Waals surface area contributed by atoms with Crippen LogP contribution in [0.15, 0.2) is 10.5 Å². The Labute approximate surface area is 95.9 Å². The fourth-order valence-corrected chi connectivity index (χ4v) is 1.86. The van der Waals surface area contributed by atoms with Crippen molar-refractivity contribution in [3.8, 4) is 5.75 Å². The highest BCUT2D eigenvalue weighted by molar-refractivity contribution is 9.10. The molecule has 0 radical (unpaired) electrons. The number of halogens is 2. The molecule has 0 heterocycles. The molecule has 1 aromatic carbocycles. The Morgan fingerprint density at radius 1 is 1.53 bits per heavy atom. The molecule has 0 aliphatic carbocycles. The average Bonchev–Trinajstić information content (AvgIpc) is 2.15. The van der Waals surface area contributed by atoms with E-state index in [9.17, 15) is 14.6 Å². The molecular formula is C10H13BrFNO2. The maximum atomic E-state index is 13.7. The predicted molar refractivity (Wildman–Crippen MR) is 59.1 cm³/mol. The first-order valence-corrected chi connectivity index (χ1v) is 5.26. The van der Waals surface area contributed by atoms with Crippen LogP contribution in [0, 0.1) is 12.7 Å². The first-order chi connectivity index (χ1) is 6.86. The zero-order valence-corrected chi connectivity index (χ0v) is 10.0. The molecule has 0 spiro atoms. The SMILES string of the molecule is Cc1cc(Br)c(O)c(C(O)C(C)N)c1F. The van der Waals surface area contributed by atoms with Gasteiger partial charge in [0.25, 0.3) is 0 Å². The number of benzene rings is 1. The third-order valence-corrected chi connectivity index (χ3v) is 2.81. The molecule has 0 amide bonds. The third kappa shape index (κ3) is 2.30. The summed E-state index contributed by atoms with van der Waals surface area (Å²) in [6.07, 6.45) is -1.22. The van der Waals surface area contributed by atoms with Crippen molar-refractivity contribution in [1.82, 2.24) is 0 Å². The largest absolute Gasteiger partial charge is 0.506 e. The van der Waals surface area contributed by atoms with Crippen molar-refractivity contribution in [2.45, 2.75) is 26.0 Å². The van der Waals surface area contributed by atoms with Crippen LogP contribution in [0.5, 0.6) is 5.75 Å². The number of nitrogens with two attached hydrogens (primary N) is 1. The van der Waals surface area contributed by atoms with Crippen LogP contribution in [0.25, 0.3) is 0 Å². The number of aliphatic hydroxyl groups excluding tert-OH is 1. The standard InChI is InChI=1S/C10H13BrFNO2/c1-4-3-6(11)10(15)7(8(4)12)9(14)5(2)13/h3,5,9,14-15H,13H2,1-2H3. The lowest BCUT2D eigenvalue weighted by atomic mass is 10.00. The van der Waals surface area contributed by atoms with Gasteiger partial charge in [-0.05, 0) is 41.4 Å². The third-order valence-electron chi connectivity index (χ3n) is 2.20. The predicted octanol–water partition coefficient (Wildman–Crippen LogP) is 1.98. The van der Waals surface area contributed by atoms with E-state index in [0.717, 1.165) is 0 Å². The Bertz CT molecular complexity index is 356. The smallest absolute Gasteiger partial charge is 0.138 e. The van der Waals surface area contributed by atoms with Gasteiger partial charge < -0.3 is 15.9 Å². The van der Waals surface area contributed by atoms with Gasteiger partial charge in [-0.1, -0.05) is 0 Å². The number of hydrogen-bond acceptors (Lipinski definition) is 3. The molecule has 2 unspecified atom stereocenters. The van der Waals surface area contributed by atoms with E-state index in [2.05, 4.69) is 15.9 Å². The van der Waals surface area contributed by atoms with Crippen LogP contribution in [-0.4, -0.2) is 16.3 Å². The molecular weight excluding hydrogens is 265 g/mol. The molecule has 2 atom stereocenters. The highest BCUT2D eigenvalue weighted by Gasteiger charge is 2.24. The van der Waals surface area contributed by atoms with Gasteiger partial charge in [0.15, 0.2) is 0 Å². The average molecular weight is 278 g/mol. The quantitative estimate of drug-likeness (QED) is 0.775. The van der Waals surface area contributed by atoms with Crippen LogP contribution in [0.4, 0.5) is 4.39 Å². The van der Waals surface area contributed by atoms with Crippen LogP contribution in [0.1, 0.15) is 24.2 Å². The van der Waals surface area contributed by atoms with E-state index < -0.39 is 18.0 Å². The molecule has 0 saturated heterocycles. The van der Waals surface area contributed by atoms with E-state index in [1.807, 2.05) is 0 Å². The summed E-state index contributed by atoms with van der Waals surface area (Å²) in [5, 5.41) is 19.3. The molecule has 0 bridgehead atoms. The van der Waals surface area contributed by atoms with Gasteiger partial charge in [-0.25, -0.2) is 4.39 Å². The van der Waals surface area contributed by atoms with Gasteiger partial charge in [0.1, 0.15) is 17.7 Å². The van der Waals surface area contributed by atoms with Crippen LogP contribution in [-0.2, 0) is 0 Å². The second-order valence-corrected chi connectivity index (χ2v) is 4.41. The number of aliphatic hydroxyl groups is 1.